The molecule has 4 heteroatoms. The van der Waals surface area contributed by atoms with E-state index >= 15 is 0 Å². The Balaban J connectivity index is 2.26. The zero-order valence-electron chi connectivity index (χ0n) is 7.02. The second kappa shape index (κ2) is 3.31. The molecular weight excluding hydrogens is 282 g/mol. The van der Waals surface area contributed by atoms with Gasteiger partial charge in [-0.05, 0) is 0 Å². The monoisotopic (exact) mass is 294 g/mol. The Kier molecular flexibility index (Phi) is 2.33. The Bertz CT molecular complexity index is 253. The summed E-state index contributed by atoms with van der Waals surface area (Å²) in [5.41, 5.74) is 0. The molecule has 0 aliphatic carbocycles. The van der Waals surface area contributed by atoms with E-state index in [9.17, 15) is 0 Å². The summed E-state index contributed by atoms with van der Waals surface area (Å²) in [5, 5.41) is 0. The van der Waals surface area contributed by atoms with E-state index in [1.807, 2.05) is 0 Å². The summed E-state index contributed by atoms with van der Waals surface area (Å²) in [4.78, 5) is 9.05. The Morgan fingerprint density at radius 3 is 1.58 bits per heavy atom. The van der Waals surface area contributed by atoms with Crippen molar-refractivity contribution in [1.29, 1.82) is 0 Å². The molecule has 0 amide bonds. The third kappa shape index (κ3) is 1.36. The molecule has 2 nitrogen and oxygen atoms in total. The van der Waals surface area contributed by atoms with Crippen LogP contribution < -0.4 is 0 Å². The fourth-order valence-corrected chi connectivity index (χ4v) is 5.67. The molecule has 0 fully saturated rings. The molecule has 0 unspecified atom stereocenters. The van der Waals surface area contributed by atoms with Gasteiger partial charge in [0.1, 0.15) is 0 Å². The molecule has 12 heavy (non-hydrogen) atoms. The van der Waals surface area contributed by atoms with Gasteiger partial charge in [-0.3, -0.25) is 0 Å². The molecule has 0 N–H and O–H groups in total. The predicted molar refractivity (Wildman–Crippen MR) is 52.3 cm³/mol. The summed E-state index contributed by atoms with van der Waals surface area (Å²) < 4.78 is 3.05. The van der Waals surface area contributed by atoms with Crippen LogP contribution in [-0.4, -0.2) is 53.8 Å². The van der Waals surface area contributed by atoms with Crippen molar-refractivity contribution in [2.45, 2.75) is 0 Å². The van der Waals surface area contributed by atoms with Gasteiger partial charge in [0.05, 0.1) is 0 Å². The van der Waals surface area contributed by atoms with Gasteiger partial charge in [-0.2, -0.15) is 0 Å². The number of hydrogen-bond acceptors (Lipinski definition) is 2. The summed E-state index contributed by atoms with van der Waals surface area (Å²) in [5.74, 6) is 0. The van der Waals surface area contributed by atoms with E-state index < -0.39 is 0 Å². The summed E-state index contributed by atoms with van der Waals surface area (Å²) in [7, 11) is 4.27. The Labute approximate surface area is 85.3 Å². The third-order valence-electron chi connectivity index (χ3n) is 1.75. The maximum atomic E-state index is 2.28. The topological polar surface area (TPSA) is 6.48 Å². The first-order valence-corrected chi connectivity index (χ1v) is 7.35. The SMILES string of the molecule is CN1C=C[Se]/C1=C1\[Se]C=CN1C. The van der Waals surface area contributed by atoms with E-state index in [4.69, 9.17) is 0 Å². The maximum absolute atomic E-state index is 2.28. The summed E-state index contributed by atoms with van der Waals surface area (Å²) in [6.07, 6.45) is 4.34. The van der Waals surface area contributed by atoms with Crippen molar-refractivity contribution < 1.29 is 0 Å². The summed E-state index contributed by atoms with van der Waals surface area (Å²) >= 11 is 1.12. The molecule has 2 rings (SSSR count). The van der Waals surface area contributed by atoms with E-state index in [1.54, 1.807) is 0 Å². The third-order valence-corrected chi connectivity index (χ3v) is 6.45. The van der Waals surface area contributed by atoms with Crippen molar-refractivity contribution in [2.24, 2.45) is 0 Å². The molecule has 0 radical (unpaired) electrons. The molecule has 0 aromatic rings. The van der Waals surface area contributed by atoms with Gasteiger partial charge in [0.25, 0.3) is 0 Å². The van der Waals surface area contributed by atoms with Gasteiger partial charge in [0.15, 0.2) is 0 Å². The van der Waals surface area contributed by atoms with E-state index in [0.717, 1.165) is 0 Å². The fraction of sp³-hybridized carbons (Fsp3) is 0.250. The Hall–Kier alpha value is -0.141. The van der Waals surface area contributed by atoms with Gasteiger partial charge in [0, 0.05) is 0 Å². The minimum atomic E-state index is 0.562. The van der Waals surface area contributed by atoms with Crippen LogP contribution in [0.5, 0.6) is 0 Å². The molecule has 0 bridgehead atoms. The molecule has 2 heterocycles. The van der Waals surface area contributed by atoms with E-state index in [2.05, 4.69) is 46.2 Å². The van der Waals surface area contributed by atoms with Crippen LogP contribution in [0.15, 0.2) is 31.5 Å². The van der Waals surface area contributed by atoms with E-state index in [0.29, 0.717) is 29.9 Å². The first-order valence-electron chi connectivity index (χ1n) is 3.65. The molecule has 0 spiro atoms. The van der Waals surface area contributed by atoms with Gasteiger partial charge >= 0.3 is 85.3 Å². The summed E-state index contributed by atoms with van der Waals surface area (Å²) in [6.45, 7) is 0. The van der Waals surface area contributed by atoms with Crippen LogP contribution in [0.2, 0.25) is 0 Å². The molecule has 0 saturated carbocycles. The predicted octanol–water partition coefficient (Wildman–Crippen LogP) is 0.355. The van der Waals surface area contributed by atoms with Crippen molar-refractivity contribution in [3.8, 4) is 0 Å². The van der Waals surface area contributed by atoms with Gasteiger partial charge < -0.3 is 0 Å². The first-order chi connectivity index (χ1) is 5.79. The minimum absolute atomic E-state index is 0.562. The zero-order valence-corrected chi connectivity index (χ0v) is 10.4. The van der Waals surface area contributed by atoms with Crippen molar-refractivity contribution in [2.75, 3.05) is 14.1 Å². The average molecular weight is 292 g/mol. The van der Waals surface area contributed by atoms with Gasteiger partial charge in [0.2, 0.25) is 0 Å². The van der Waals surface area contributed by atoms with E-state index in [-0.39, 0.29) is 0 Å². The molecule has 0 saturated heterocycles. The van der Waals surface area contributed by atoms with Crippen LogP contribution in [0.1, 0.15) is 0 Å². The Morgan fingerprint density at radius 2 is 1.33 bits per heavy atom. The summed E-state index contributed by atoms with van der Waals surface area (Å²) in [6, 6.07) is 0. The van der Waals surface area contributed by atoms with Crippen LogP contribution in [0.25, 0.3) is 0 Å². The van der Waals surface area contributed by atoms with Crippen LogP contribution in [0.4, 0.5) is 0 Å². The molecule has 0 aromatic heterocycles. The van der Waals surface area contributed by atoms with Crippen molar-refractivity contribution in [3.05, 3.63) is 31.5 Å². The average Bonchev–Trinajstić information content (AvgIpc) is 2.59. The standard InChI is InChI=1S/C8H10N2Se2/c1-9-3-5-11-7(9)8-10(2)4-6-12-8/h3-6H,1-2H3/b8-7-. The zero-order chi connectivity index (χ0) is 8.55. The molecule has 0 aromatic carbocycles. The fourth-order valence-electron chi connectivity index (χ4n) is 1.08. The number of hydrogen-bond donors (Lipinski definition) is 0. The van der Waals surface area contributed by atoms with Gasteiger partial charge in [-0.15, -0.1) is 0 Å². The van der Waals surface area contributed by atoms with Crippen LogP contribution in [-0.2, 0) is 0 Å². The molecule has 0 atom stereocenters. The molecule has 2 aliphatic heterocycles. The van der Waals surface area contributed by atoms with Crippen LogP contribution in [0, 0.1) is 0 Å². The first kappa shape index (κ1) is 8.46. The second-order valence-corrected chi connectivity index (χ2v) is 6.39. The number of rotatable bonds is 0. The quantitative estimate of drug-likeness (QED) is 0.595. The molecular formula is C8H10N2Se2. The van der Waals surface area contributed by atoms with Crippen LogP contribution >= 0.6 is 0 Å². The van der Waals surface area contributed by atoms with Crippen molar-refractivity contribution >= 4 is 29.9 Å². The molecule has 64 valence electrons. The van der Waals surface area contributed by atoms with Crippen molar-refractivity contribution in [3.63, 3.8) is 0 Å². The molecule has 2 aliphatic rings. The Morgan fingerprint density at radius 1 is 0.917 bits per heavy atom. The van der Waals surface area contributed by atoms with Gasteiger partial charge in [-0.25, -0.2) is 0 Å². The second-order valence-electron chi connectivity index (χ2n) is 2.64. The number of nitrogens with zero attached hydrogens (tertiary/aromatic N) is 2. The van der Waals surface area contributed by atoms with E-state index in [1.165, 1.54) is 9.19 Å². The van der Waals surface area contributed by atoms with Crippen LogP contribution in [0.3, 0.4) is 0 Å². The normalized spacial score (nSPS) is 27.8. The van der Waals surface area contributed by atoms with Crippen molar-refractivity contribution in [1.82, 2.24) is 9.80 Å². The van der Waals surface area contributed by atoms with Gasteiger partial charge in [-0.1, -0.05) is 0 Å².